The highest BCUT2D eigenvalue weighted by molar-refractivity contribution is 6.31. The second-order valence-electron chi connectivity index (χ2n) is 11.4. The van der Waals surface area contributed by atoms with Crippen LogP contribution < -0.4 is 10.6 Å². The fraction of sp³-hybridized carbons (Fsp3) is 0.367. The summed E-state index contributed by atoms with van der Waals surface area (Å²) in [4.78, 5) is 55.7. The number of aromatic nitrogens is 4. The van der Waals surface area contributed by atoms with E-state index in [1.165, 1.54) is 53.5 Å². The van der Waals surface area contributed by atoms with Gasteiger partial charge in [-0.3, -0.25) is 14.4 Å². The van der Waals surface area contributed by atoms with Crippen LogP contribution in [-0.4, -0.2) is 98.6 Å². The van der Waals surface area contributed by atoms with Gasteiger partial charge in [-0.25, -0.2) is 9.18 Å². The lowest BCUT2D eigenvalue weighted by atomic mass is 10.1. The Morgan fingerprint density at radius 3 is 2.38 bits per heavy atom. The number of anilines is 1. The monoisotopic (exact) mass is 640 g/mol. The second-order valence-corrected chi connectivity index (χ2v) is 11.8. The molecule has 4 rings (SSSR count). The van der Waals surface area contributed by atoms with Gasteiger partial charge >= 0.3 is 5.97 Å². The van der Waals surface area contributed by atoms with Crippen molar-refractivity contribution in [1.29, 1.82) is 0 Å². The van der Waals surface area contributed by atoms with Crippen LogP contribution in [0.4, 0.5) is 10.1 Å². The molecule has 0 saturated carbocycles. The van der Waals surface area contributed by atoms with Crippen molar-refractivity contribution in [2.24, 2.45) is 0 Å². The SMILES string of the molecule is CN1CCN(C(=O)CC(NC(=O)/C=C/c2c(-n3cnnn3)ccc(Cl)c2F)C(=O)Nc2ccc(C(=O)OC(C)(C)C)cc2)CC1. The lowest BCUT2D eigenvalue weighted by molar-refractivity contribution is -0.135. The summed E-state index contributed by atoms with van der Waals surface area (Å²) < 4.78 is 21.5. The zero-order chi connectivity index (χ0) is 32.7. The molecule has 2 N–H and O–H groups in total. The van der Waals surface area contributed by atoms with E-state index < -0.39 is 35.2 Å². The van der Waals surface area contributed by atoms with E-state index in [0.717, 1.165) is 6.08 Å². The summed E-state index contributed by atoms with van der Waals surface area (Å²) in [6.45, 7) is 7.59. The van der Waals surface area contributed by atoms with Crippen LogP contribution in [0, 0.1) is 5.82 Å². The summed E-state index contributed by atoms with van der Waals surface area (Å²) >= 11 is 5.97. The normalized spacial score (nSPS) is 14.7. The molecule has 1 aliphatic heterocycles. The Labute approximate surface area is 264 Å². The van der Waals surface area contributed by atoms with Gasteiger partial charge in [-0.1, -0.05) is 11.6 Å². The minimum absolute atomic E-state index is 0.0652. The molecule has 0 radical (unpaired) electrons. The van der Waals surface area contributed by atoms with Crippen molar-refractivity contribution in [3.8, 4) is 5.69 Å². The molecule has 1 aromatic heterocycles. The molecule has 0 aliphatic carbocycles. The van der Waals surface area contributed by atoms with Gasteiger partial charge in [-0.2, -0.15) is 4.68 Å². The Kier molecular flexibility index (Phi) is 10.6. The Balaban J connectivity index is 1.51. The molecule has 3 amide bonds. The Morgan fingerprint density at radius 2 is 1.76 bits per heavy atom. The van der Waals surface area contributed by atoms with Gasteiger partial charge in [0.2, 0.25) is 17.7 Å². The maximum Gasteiger partial charge on any atom is 0.338 e. The number of tetrazole rings is 1. The third-order valence-electron chi connectivity index (χ3n) is 6.76. The van der Waals surface area contributed by atoms with E-state index in [2.05, 4.69) is 31.1 Å². The summed E-state index contributed by atoms with van der Waals surface area (Å²) in [7, 11) is 1.95. The first kappa shape index (κ1) is 33.2. The number of halogens is 2. The van der Waals surface area contributed by atoms with Crippen molar-refractivity contribution >= 4 is 47.1 Å². The highest BCUT2D eigenvalue weighted by Gasteiger charge is 2.28. The van der Waals surface area contributed by atoms with Gasteiger partial charge in [0.25, 0.3) is 0 Å². The van der Waals surface area contributed by atoms with Crippen molar-refractivity contribution < 1.29 is 28.3 Å². The number of rotatable bonds is 9. The molecule has 2 aromatic carbocycles. The Hall–Kier alpha value is -4.69. The number of hydrogen-bond donors (Lipinski definition) is 2. The quantitative estimate of drug-likeness (QED) is 0.266. The molecule has 45 heavy (non-hydrogen) atoms. The van der Waals surface area contributed by atoms with E-state index in [9.17, 15) is 23.6 Å². The first-order valence-electron chi connectivity index (χ1n) is 14.1. The van der Waals surface area contributed by atoms with Crippen LogP contribution in [0.15, 0.2) is 48.8 Å². The van der Waals surface area contributed by atoms with E-state index in [1.807, 2.05) is 7.05 Å². The van der Waals surface area contributed by atoms with Crippen LogP contribution in [0.2, 0.25) is 5.02 Å². The van der Waals surface area contributed by atoms with Gasteiger partial charge in [0.05, 0.1) is 22.7 Å². The third-order valence-corrected chi connectivity index (χ3v) is 7.05. The summed E-state index contributed by atoms with van der Waals surface area (Å²) in [5, 5.41) is 15.9. The van der Waals surface area contributed by atoms with E-state index in [-0.39, 0.29) is 34.2 Å². The first-order valence-corrected chi connectivity index (χ1v) is 14.5. The molecule has 1 fully saturated rings. The fourth-order valence-electron chi connectivity index (χ4n) is 4.39. The number of piperazine rings is 1. The van der Waals surface area contributed by atoms with Gasteiger partial charge in [-0.05, 0) is 80.7 Å². The molecule has 0 bridgehead atoms. The smallest absolute Gasteiger partial charge is 0.338 e. The molecule has 13 nitrogen and oxygen atoms in total. The number of nitrogens with zero attached hydrogens (tertiary/aromatic N) is 6. The highest BCUT2D eigenvalue weighted by atomic mass is 35.5. The molecule has 2 heterocycles. The van der Waals surface area contributed by atoms with Crippen molar-refractivity contribution in [3.05, 3.63) is 70.8 Å². The Bertz CT molecular complexity index is 1570. The van der Waals surface area contributed by atoms with Crippen molar-refractivity contribution in [2.75, 3.05) is 38.5 Å². The zero-order valence-corrected chi connectivity index (χ0v) is 26.0. The predicted octanol–water partition coefficient (Wildman–Crippen LogP) is 2.71. The predicted molar refractivity (Wildman–Crippen MR) is 164 cm³/mol. The summed E-state index contributed by atoms with van der Waals surface area (Å²) in [6, 6.07) is 7.56. The molecule has 15 heteroatoms. The number of carbonyl (C=O) groups is 4. The molecule has 1 unspecified atom stereocenters. The summed E-state index contributed by atoms with van der Waals surface area (Å²) in [6.07, 6.45) is 3.15. The number of benzene rings is 2. The number of likely N-dealkylation sites (N-methyl/N-ethyl adjacent to an activating group) is 1. The van der Waals surface area contributed by atoms with Gasteiger partial charge in [0.1, 0.15) is 18.0 Å². The molecule has 1 atom stereocenters. The first-order chi connectivity index (χ1) is 21.3. The molecule has 1 saturated heterocycles. The van der Waals surface area contributed by atoms with E-state index in [0.29, 0.717) is 31.9 Å². The number of nitrogens with one attached hydrogen (secondary N) is 2. The highest BCUT2D eigenvalue weighted by Crippen LogP contribution is 2.25. The standard InChI is InChI=1S/C30H34ClFN8O5/c1-30(2,3)45-29(44)19-5-7-20(8-6-19)34-28(43)23(17-26(42)39-15-13-38(4)14-16-39)35-25(41)12-9-21-24(40-18-33-36-37-40)11-10-22(31)27(21)32/h5-12,18,23H,13-17H2,1-4H3,(H,34,43)(H,35,41)/b12-9+. The number of amides is 3. The number of hydrogen-bond acceptors (Lipinski definition) is 9. The van der Waals surface area contributed by atoms with E-state index >= 15 is 0 Å². The second kappa shape index (κ2) is 14.4. The van der Waals surface area contributed by atoms with Gasteiger partial charge in [0.15, 0.2) is 5.82 Å². The number of carbonyl (C=O) groups excluding carboxylic acids is 4. The average Bonchev–Trinajstić information content (AvgIpc) is 3.52. The van der Waals surface area contributed by atoms with Crippen LogP contribution in [0.3, 0.4) is 0 Å². The van der Waals surface area contributed by atoms with Crippen LogP contribution in [-0.2, 0) is 19.1 Å². The maximum absolute atomic E-state index is 15.0. The molecule has 3 aromatic rings. The van der Waals surface area contributed by atoms with Gasteiger partial charge < -0.3 is 25.2 Å². The number of esters is 1. The fourth-order valence-corrected chi connectivity index (χ4v) is 4.55. The van der Waals surface area contributed by atoms with Crippen LogP contribution in [0.5, 0.6) is 0 Å². The van der Waals surface area contributed by atoms with Crippen molar-refractivity contribution in [2.45, 2.75) is 38.8 Å². The third kappa shape index (κ3) is 9.16. The van der Waals surface area contributed by atoms with E-state index in [1.54, 1.807) is 25.7 Å². The minimum Gasteiger partial charge on any atom is -0.456 e. The van der Waals surface area contributed by atoms with Crippen molar-refractivity contribution in [3.63, 3.8) is 0 Å². The molecular formula is C30H34ClFN8O5. The van der Waals surface area contributed by atoms with Gasteiger partial charge in [-0.15, -0.1) is 5.10 Å². The van der Waals surface area contributed by atoms with Gasteiger partial charge in [0, 0.05) is 43.5 Å². The Morgan fingerprint density at radius 1 is 1.07 bits per heavy atom. The summed E-state index contributed by atoms with van der Waals surface area (Å²) in [5.74, 6) is -3.05. The minimum atomic E-state index is -1.27. The van der Waals surface area contributed by atoms with E-state index in [4.69, 9.17) is 16.3 Å². The maximum atomic E-state index is 15.0. The lowest BCUT2D eigenvalue weighted by Crippen LogP contribution is -2.51. The largest absolute Gasteiger partial charge is 0.456 e. The molecule has 1 aliphatic rings. The lowest BCUT2D eigenvalue weighted by Gasteiger charge is -2.33. The topological polar surface area (TPSA) is 152 Å². The van der Waals surface area contributed by atoms with Crippen LogP contribution >= 0.6 is 11.6 Å². The zero-order valence-electron chi connectivity index (χ0n) is 25.3. The molecular weight excluding hydrogens is 607 g/mol. The summed E-state index contributed by atoms with van der Waals surface area (Å²) in [5.41, 5.74) is 0.108. The number of ether oxygens (including phenoxy) is 1. The van der Waals surface area contributed by atoms with Crippen molar-refractivity contribution in [1.82, 2.24) is 35.3 Å². The van der Waals surface area contributed by atoms with Crippen LogP contribution in [0.25, 0.3) is 11.8 Å². The molecule has 238 valence electrons. The average molecular weight is 641 g/mol. The van der Waals surface area contributed by atoms with Crippen LogP contribution in [0.1, 0.15) is 43.1 Å². The molecule has 0 spiro atoms.